The third-order valence-electron chi connectivity index (χ3n) is 3.89. The van der Waals surface area contributed by atoms with Crippen molar-refractivity contribution in [2.75, 3.05) is 7.11 Å². The maximum Gasteiger partial charge on any atom is 0.326 e. The topological polar surface area (TPSA) is 38.3 Å². The van der Waals surface area contributed by atoms with Gasteiger partial charge in [0.05, 0.1) is 7.11 Å². The van der Waals surface area contributed by atoms with Crippen LogP contribution in [0, 0.1) is 5.92 Å². The van der Waals surface area contributed by atoms with E-state index in [2.05, 4.69) is 12.2 Å². The summed E-state index contributed by atoms with van der Waals surface area (Å²) in [4.78, 5) is 12.0. The van der Waals surface area contributed by atoms with Gasteiger partial charge in [-0.25, -0.2) is 0 Å². The summed E-state index contributed by atoms with van der Waals surface area (Å²) >= 11 is 0. The van der Waals surface area contributed by atoms with Crippen molar-refractivity contribution in [3.8, 4) is 0 Å². The summed E-state index contributed by atoms with van der Waals surface area (Å²) in [5.41, 5.74) is -0.381. The molecule has 3 nitrogen and oxygen atoms in total. The number of hydrogen-bond acceptors (Lipinski definition) is 3. The zero-order valence-electron chi connectivity index (χ0n) is 9.71. The van der Waals surface area contributed by atoms with Crippen LogP contribution in [0.1, 0.15) is 45.4 Å². The van der Waals surface area contributed by atoms with Crippen LogP contribution in [0.2, 0.25) is 0 Å². The molecule has 0 aliphatic heterocycles. The van der Waals surface area contributed by atoms with Gasteiger partial charge in [0.2, 0.25) is 0 Å². The standard InChI is InChI=1S/C12H21NO2/c1-9-5-3-4-8-12(9,11(14)15-2)13-10-6-7-10/h9-10,13H,3-8H2,1-2H3. The van der Waals surface area contributed by atoms with E-state index < -0.39 is 0 Å². The highest BCUT2D eigenvalue weighted by molar-refractivity contribution is 5.81. The van der Waals surface area contributed by atoms with Gasteiger partial charge in [-0.05, 0) is 31.6 Å². The zero-order chi connectivity index (χ0) is 10.9. The lowest BCUT2D eigenvalue weighted by Crippen LogP contribution is -2.59. The summed E-state index contributed by atoms with van der Waals surface area (Å²) in [6, 6.07) is 0.560. The fourth-order valence-electron chi connectivity index (χ4n) is 2.70. The molecule has 0 saturated heterocycles. The minimum atomic E-state index is -0.381. The molecule has 0 aromatic rings. The Morgan fingerprint density at radius 1 is 1.33 bits per heavy atom. The molecule has 15 heavy (non-hydrogen) atoms. The van der Waals surface area contributed by atoms with Crippen LogP contribution in [-0.4, -0.2) is 24.7 Å². The molecule has 2 unspecified atom stereocenters. The van der Waals surface area contributed by atoms with E-state index in [1.807, 2.05) is 0 Å². The first-order valence-corrected chi connectivity index (χ1v) is 6.05. The summed E-state index contributed by atoms with van der Waals surface area (Å²) in [6.07, 6.45) is 6.88. The second kappa shape index (κ2) is 4.12. The van der Waals surface area contributed by atoms with Crippen molar-refractivity contribution in [1.82, 2.24) is 5.32 Å². The molecule has 0 spiro atoms. The Morgan fingerprint density at radius 2 is 2.07 bits per heavy atom. The summed E-state index contributed by atoms with van der Waals surface area (Å²) in [5, 5.41) is 3.53. The first-order chi connectivity index (χ1) is 7.19. The van der Waals surface area contributed by atoms with E-state index in [1.54, 1.807) is 0 Å². The minimum Gasteiger partial charge on any atom is -0.468 e. The SMILES string of the molecule is COC(=O)C1(NC2CC2)CCCCC1C. The van der Waals surface area contributed by atoms with Crippen LogP contribution in [0.3, 0.4) is 0 Å². The molecule has 86 valence electrons. The van der Waals surface area contributed by atoms with Gasteiger partial charge >= 0.3 is 5.97 Å². The molecule has 0 aromatic heterocycles. The van der Waals surface area contributed by atoms with Crippen LogP contribution < -0.4 is 5.32 Å². The fourth-order valence-corrected chi connectivity index (χ4v) is 2.70. The van der Waals surface area contributed by atoms with Crippen molar-refractivity contribution >= 4 is 5.97 Å². The molecule has 0 bridgehead atoms. The molecule has 2 aliphatic rings. The minimum absolute atomic E-state index is 0.0541. The van der Waals surface area contributed by atoms with Crippen molar-refractivity contribution in [3.63, 3.8) is 0 Å². The number of nitrogens with one attached hydrogen (secondary N) is 1. The van der Waals surface area contributed by atoms with Crippen molar-refractivity contribution in [2.45, 2.75) is 57.0 Å². The lowest BCUT2D eigenvalue weighted by Gasteiger charge is -2.41. The van der Waals surface area contributed by atoms with Gasteiger partial charge in [-0.15, -0.1) is 0 Å². The monoisotopic (exact) mass is 211 g/mol. The Hall–Kier alpha value is -0.570. The van der Waals surface area contributed by atoms with E-state index in [0.29, 0.717) is 12.0 Å². The zero-order valence-corrected chi connectivity index (χ0v) is 9.71. The number of carbonyl (C=O) groups excluding carboxylic acids is 1. The van der Waals surface area contributed by atoms with Gasteiger partial charge in [0.15, 0.2) is 0 Å². The third kappa shape index (κ3) is 2.03. The quantitative estimate of drug-likeness (QED) is 0.724. The number of esters is 1. The third-order valence-corrected chi connectivity index (χ3v) is 3.89. The number of methoxy groups -OCH3 is 1. The van der Waals surface area contributed by atoms with Crippen LogP contribution in [0.15, 0.2) is 0 Å². The average Bonchev–Trinajstić information content (AvgIpc) is 3.04. The van der Waals surface area contributed by atoms with Crippen molar-refractivity contribution in [1.29, 1.82) is 0 Å². The number of hydrogen-bond donors (Lipinski definition) is 1. The Kier molecular flexibility index (Phi) is 3.01. The molecule has 0 aromatic carbocycles. The second-order valence-corrected chi connectivity index (χ2v) is 5.03. The predicted octanol–water partition coefficient (Wildman–Crippen LogP) is 1.86. The van der Waals surface area contributed by atoms with Gasteiger partial charge in [-0.2, -0.15) is 0 Å². The molecule has 1 N–H and O–H groups in total. The van der Waals surface area contributed by atoms with E-state index in [4.69, 9.17) is 4.74 Å². The molecular formula is C12H21NO2. The lowest BCUT2D eigenvalue weighted by atomic mass is 9.73. The lowest BCUT2D eigenvalue weighted by molar-refractivity contribution is -0.153. The Labute approximate surface area is 91.6 Å². The van der Waals surface area contributed by atoms with Gasteiger partial charge in [-0.1, -0.05) is 19.8 Å². The second-order valence-electron chi connectivity index (χ2n) is 5.03. The highest BCUT2D eigenvalue weighted by Crippen LogP contribution is 2.37. The van der Waals surface area contributed by atoms with Crippen molar-refractivity contribution in [3.05, 3.63) is 0 Å². The van der Waals surface area contributed by atoms with Crippen LogP contribution >= 0.6 is 0 Å². The van der Waals surface area contributed by atoms with Gasteiger partial charge in [0.1, 0.15) is 5.54 Å². The normalized spacial score (nSPS) is 36.3. The van der Waals surface area contributed by atoms with Crippen LogP contribution in [0.4, 0.5) is 0 Å². The predicted molar refractivity (Wildman–Crippen MR) is 58.5 cm³/mol. The highest BCUT2D eigenvalue weighted by atomic mass is 16.5. The molecule has 2 rings (SSSR count). The van der Waals surface area contributed by atoms with E-state index >= 15 is 0 Å². The van der Waals surface area contributed by atoms with E-state index in [-0.39, 0.29) is 11.5 Å². The van der Waals surface area contributed by atoms with Gasteiger partial charge in [0.25, 0.3) is 0 Å². The first-order valence-electron chi connectivity index (χ1n) is 6.05. The molecule has 2 fully saturated rings. The number of carbonyl (C=O) groups is 1. The number of ether oxygens (including phenoxy) is 1. The Bertz CT molecular complexity index is 250. The summed E-state index contributed by atoms with van der Waals surface area (Å²) in [7, 11) is 1.50. The average molecular weight is 211 g/mol. The maximum atomic E-state index is 12.0. The largest absolute Gasteiger partial charge is 0.468 e. The molecule has 3 heteroatoms. The summed E-state index contributed by atoms with van der Waals surface area (Å²) < 4.78 is 4.99. The van der Waals surface area contributed by atoms with E-state index in [0.717, 1.165) is 19.3 Å². The highest BCUT2D eigenvalue weighted by Gasteiger charge is 2.48. The smallest absolute Gasteiger partial charge is 0.326 e. The molecule has 0 radical (unpaired) electrons. The molecule has 2 saturated carbocycles. The maximum absolute atomic E-state index is 12.0. The Morgan fingerprint density at radius 3 is 2.60 bits per heavy atom. The molecular weight excluding hydrogens is 190 g/mol. The van der Waals surface area contributed by atoms with Gasteiger partial charge < -0.3 is 4.74 Å². The molecule has 0 amide bonds. The van der Waals surface area contributed by atoms with E-state index in [1.165, 1.54) is 26.4 Å². The summed E-state index contributed by atoms with van der Waals surface area (Å²) in [5.74, 6) is 0.348. The van der Waals surface area contributed by atoms with Crippen LogP contribution in [0.25, 0.3) is 0 Å². The first kappa shape index (κ1) is 10.9. The fraction of sp³-hybridized carbons (Fsp3) is 0.917. The van der Waals surface area contributed by atoms with Crippen LogP contribution in [0.5, 0.6) is 0 Å². The van der Waals surface area contributed by atoms with Gasteiger partial charge in [0, 0.05) is 6.04 Å². The van der Waals surface area contributed by atoms with Crippen molar-refractivity contribution < 1.29 is 9.53 Å². The molecule has 0 heterocycles. The van der Waals surface area contributed by atoms with Gasteiger partial charge in [-0.3, -0.25) is 10.1 Å². The number of rotatable bonds is 3. The van der Waals surface area contributed by atoms with Crippen LogP contribution in [-0.2, 0) is 9.53 Å². The molecule has 2 aliphatic carbocycles. The Balaban J connectivity index is 2.14. The van der Waals surface area contributed by atoms with Crippen molar-refractivity contribution in [2.24, 2.45) is 5.92 Å². The van der Waals surface area contributed by atoms with E-state index in [9.17, 15) is 4.79 Å². The molecule has 2 atom stereocenters. The summed E-state index contributed by atoms with van der Waals surface area (Å²) in [6.45, 7) is 2.17.